The predicted octanol–water partition coefficient (Wildman–Crippen LogP) is 5.89. The average Bonchev–Trinajstić information content (AvgIpc) is 2.97. The van der Waals surface area contributed by atoms with Gasteiger partial charge in [0.1, 0.15) is 0 Å². The molecule has 2 N–H and O–H groups in total. The lowest BCUT2D eigenvalue weighted by Gasteiger charge is -2.13. The van der Waals surface area contributed by atoms with Gasteiger partial charge < -0.3 is 10.2 Å². The van der Waals surface area contributed by atoms with Gasteiger partial charge in [-0.2, -0.15) is 0 Å². The molecule has 6 heteroatoms. The molecule has 0 radical (unpaired) electrons. The lowest BCUT2D eigenvalue weighted by molar-refractivity contribution is -0.136. The van der Waals surface area contributed by atoms with Gasteiger partial charge in [-0.25, -0.2) is 4.98 Å². The quantitative estimate of drug-likeness (QED) is 0.552. The SMILES string of the molecule is CC(C)(C)O.CCc1nc2cc(C)c(CC(=O)O)c(-c3ccc(Cl)cc3)c2s1. The van der Waals surface area contributed by atoms with Gasteiger partial charge in [-0.3, -0.25) is 4.79 Å². The van der Waals surface area contributed by atoms with Crippen LogP contribution in [0.4, 0.5) is 0 Å². The highest BCUT2D eigenvalue weighted by Crippen LogP contribution is 2.38. The topological polar surface area (TPSA) is 70.4 Å². The summed E-state index contributed by atoms with van der Waals surface area (Å²) in [5.41, 5.74) is 4.18. The molecular weight excluding hydrogens is 394 g/mol. The molecule has 0 atom stereocenters. The first-order valence-electron chi connectivity index (χ1n) is 9.11. The number of carboxylic acid groups (broad SMARTS) is 1. The third-order valence-corrected chi connectivity index (χ3v) is 5.30. The number of benzene rings is 2. The number of hydrogen-bond acceptors (Lipinski definition) is 4. The number of rotatable bonds is 4. The van der Waals surface area contributed by atoms with Crippen molar-refractivity contribution in [2.24, 2.45) is 0 Å². The molecule has 0 saturated heterocycles. The van der Waals surface area contributed by atoms with Crippen molar-refractivity contribution in [1.29, 1.82) is 0 Å². The number of carboxylic acids is 1. The van der Waals surface area contributed by atoms with Crippen molar-refractivity contribution in [2.75, 3.05) is 0 Å². The van der Waals surface area contributed by atoms with E-state index in [1.165, 1.54) is 0 Å². The van der Waals surface area contributed by atoms with E-state index in [0.717, 1.165) is 43.9 Å². The van der Waals surface area contributed by atoms with Crippen LogP contribution in [0.15, 0.2) is 30.3 Å². The minimum absolute atomic E-state index is 0.000901. The Morgan fingerprint density at radius 1 is 1.21 bits per heavy atom. The lowest BCUT2D eigenvalue weighted by Crippen LogP contribution is -2.10. The van der Waals surface area contributed by atoms with Crippen molar-refractivity contribution >= 4 is 39.1 Å². The molecule has 1 heterocycles. The molecule has 4 nitrogen and oxygen atoms in total. The van der Waals surface area contributed by atoms with Crippen molar-refractivity contribution < 1.29 is 15.0 Å². The first-order valence-corrected chi connectivity index (χ1v) is 10.3. The molecule has 28 heavy (non-hydrogen) atoms. The normalized spacial score (nSPS) is 11.2. The third kappa shape index (κ3) is 6.03. The zero-order valence-corrected chi connectivity index (χ0v) is 18.4. The highest BCUT2D eigenvalue weighted by atomic mass is 35.5. The summed E-state index contributed by atoms with van der Waals surface area (Å²) in [5.74, 6) is -0.831. The molecule has 0 amide bonds. The van der Waals surface area contributed by atoms with E-state index in [1.54, 1.807) is 32.1 Å². The summed E-state index contributed by atoms with van der Waals surface area (Å²) in [6, 6.07) is 9.53. The number of hydrogen-bond donors (Lipinski definition) is 2. The Balaban J connectivity index is 0.000000500. The molecule has 0 bridgehead atoms. The van der Waals surface area contributed by atoms with Gasteiger partial charge in [-0.05, 0) is 69.0 Å². The summed E-state index contributed by atoms with van der Waals surface area (Å²) in [6.45, 7) is 9.25. The molecule has 0 aliphatic rings. The van der Waals surface area contributed by atoms with Crippen LogP contribution < -0.4 is 0 Å². The Morgan fingerprint density at radius 2 is 1.79 bits per heavy atom. The Morgan fingerprint density at radius 3 is 2.29 bits per heavy atom. The maximum atomic E-state index is 11.3. The van der Waals surface area contributed by atoms with Gasteiger partial charge in [-0.1, -0.05) is 30.7 Å². The van der Waals surface area contributed by atoms with Crippen LogP contribution in [0.3, 0.4) is 0 Å². The largest absolute Gasteiger partial charge is 0.481 e. The second kappa shape index (κ2) is 9.03. The maximum absolute atomic E-state index is 11.3. The van der Waals surface area contributed by atoms with Gasteiger partial charge in [0, 0.05) is 10.6 Å². The number of nitrogens with zero attached hydrogens (tertiary/aromatic N) is 1. The fourth-order valence-electron chi connectivity index (χ4n) is 2.73. The summed E-state index contributed by atoms with van der Waals surface area (Å²) in [7, 11) is 0. The Kier molecular flexibility index (Phi) is 7.21. The van der Waals surface area contributed by atoms with Crippen molar-refractivity contribution in [3.8, 4) is 11.1 Å². The molecule has 0 aliphatic heterocycles. The van der Waals surface area contributed by atoms with Crippen LogP contribution >= 0.6 is 22.9 Å². The summed E-state index contributed by atoms with van der Waals surface area (Å²) >= 11 is 7.63. The molecule has 0 unspecified atom stereocenters. The lowest BCUT2D eigenvalue weighted by atomic mass is 9.93. The molecule has 150 valence electrons. The number of carbonyl (C=O) groups is 1. The van der Waals surface area contributed by atoms with Crippen LogP contribution in [0, 0.1) is 6.92 Å². The van der Waals surface area contributed by atoms with Crippen LogP contribution in [0.1, 0.15) is 43.8 Å². The molecule has 0 saturated carbocycles. The van der Waals surface area contributed by atoms with E-state index < -0.39 is 11.6 Å². The van der Waals surface area contributed by atoms with Gasteiger partial charge >= 0.3 is 5.97 Å². The van der Waals surface area contributed by atoms with E-state index in [1.807, 2.05) is 37.3 Å². The third-order valence-electron chi connectivity index (χ3n) is 3.82. The number of fused-ring (bicyclic) bond motifs is 1. The number of aryl methyl sites for hydroxylation is 2. The summed E-state index contributed by atoms with van der Waals surface area (Å²) < 4.78 is 1.05. The molecule has 3 aromatic rings. The fraction of sp³-hybridized carbons (Fsp3) is 0.364. The zero-order chi connectivity index (χ0) is 21.1. The van der Waals surface area contributed by atoms with E-state index in [4.69, 9.17) is 16.7 Å². The van der Waals surface area contributed by atoms with E-state index >= 15 is 0 Å². The smallest absolute Gasteiger partial charge is 0.307 e. The Bertz CT molecular complexity index is 966. The van der Waals surface area contributed by atoms with Crippen molar-refractivity contribution in [2.45, 2.75) is 53.1 Å². The highest BCUT2D eigenvalue weighted by Gasteiger charge is 2.18. The highest BCUT2D eigenvalue weighted by molar-refractivity contribution is 7.19. The molecule has 0 fully saturated rings. The average molecular weight is 420 g/mol. The molecule has 0 aliphatic carbocycles. The van der Waals surface area contributed by atoms with Crippen molar-refractivity contribution in [3.05, 3.63) is 51.5 Å². The molecule has 0 spiro atoms. The second-order valence-corrected chi connectivity index (χ2v) is 9.12. The van der Waals surface area contributed by atoms with Gasteiger partial charge in [0.25, 0.3) is 0 Å². The first-order chi connectivity index (χ1) is 13.0. The minimum atomic E-state index is -0.831. The second-order valence-electron chi connectivity index (χ2n) is 7.60. The van der Waals surface area contributed by atoms with Gasteiger partial charge in [-0.15, -0.1) is 11.3 Å². The van der Waals surface area contributed by atoms with Crippen LogP contribution in [-0.2, 0) is 17.6 Å². The molecule has 3 rings (SSSR count). The van der Waals surface area contributed by atoms with Crippen LogP contribution in [0.25, 0.3) is 21.3 Å². The Hall–Kier alpha value is -1.95. The van der Waals surface area contributed by atoms with E-state index in [-0.39, 0.29) is 6.42 Å². The molecule has 2 aromatic carbocycles. The zero-order valence-electron chi connectivity index (χ0n) is 16.8. The van der Waals surface area contributed by atoms with E-state index in [9.17, 15) is 9.90 Å². The van der Waals surface area contributed by atoms with Gasteiger partial charge in [0.05, 0.1) is 27.2 Å². The summed E-state index contributed by atoms with van der Waals surface area (Å²) in [5, 5.41) is 19.5. The van der Waals surface area contributed by atoms with E-state index in [0.29, 0.717) is 5.02 Å². The first kappa shape index (κ1) is 22.3. The number of aromatic nitrogens is 1. The monoisotopic (exact) mass is 419 g/mol. The molecule has 1 aromatic heterocycles. The van der Waals surface area contributed by atoms with Crippen LogP contribution in [0.5, 0.6) is 0 Å². The minimum Gasteiger partial charge on any atom is -0.481 e. The number of thiazole rings is 1. The van der Waals surface area contributed by atoms with Crippen molar-refractivity contribution in [1.82, 2.24) is 4.98 Å². The maximum Gasteiger partial charge on any atom is 0.307 e. The summed E-state index contributed by atoms with van der Waals surface area (Å²) in [4.78, 5) is 16.0. The number of aliphatic hydroxyl groups is 1. The molecular formula is C22H26ClNO3S. The van der Waals surface area contributed by atoms with Crippen LogP contribution in [-0.4, -0.2) is 26.8 Å². The standard InChI is InChI=1S/C18H16ClNO2S.C4H10O/c1-3-15-20-14-8-10(2)13(9-16(21)22)17(18(14)23-15)11-4-6-12(19)7-5-11;1-4(2,3)5/h4-8H,3,9H2,1-2H3,(H,21,22);5H,1-3H3. The fourth-order valence-corrected chi connectivity index (χ4v) is 3.94. The number of halogens is 1. The predicted molar refractivity (Wildman–Crippen MR) is 117 cm³/mol. The van der Waals surface area contributed by atoms with Gasteiger partial charge in [0.15, 0.2) is 0 Å². The van der Waals surface area contributed by atoms with Crippen molar-refractivity contribution in [3.63, 3.8) is 0 Å². The summed E-state index contributed by atoms with van der Waals surface area (Å²) in [6.07, 6.45) is 0.867. The Labute approximate surface area is 174 Å². The van der Waals surface area contributed by atoms with Gasteiger partial charge in [0.2, 0.25) is 0 Å². The van der Waals surface area contributed by atoms with Crippen LogP contribution in [0.2, 0.25) is 5.02 Å². The number of aliphatic carboxylic acids is 1. The van der Waals surface area contributed by atoms with E-state index in [2.05, 4.69) is 11.9 Å².